The van der Waals surface area contributed by atoms with Crippen LogP contribution in [-0.2, 0) is 5.41 Å². The molecule has 2 rings (SSSR count). The number of nitrogens with two attached hydrogens (primary N) is 1. The van der Waals surface area contributed by atoms with Crippen molar-refractivity contribution < 1.29 is 0 Å². The van der Waals surface area contributed by atoms with Crippen LogP contribution in [0.5, 0.6) is 0 Å². The van der Waals surface area contributed by atoms with Crippen LogP contribution in [0.15, 0.2) is 12.5 Å². The van der Waals surface area contributed by atoms with Crippen molar-refractivity contribution in [2.75, 3.05) is 5.73 Å². The van der Waals surface area contributed by atoms with Gasteiger partial charge in [-0.15, -0.1) is 0 Å². The van der Waals surface area contributed by atoms with Gasteiger partial charge in [-0.1, -0.05) is 20.8 Å². The van der Waals surface area contributed by atoms with E-state index in [1.165, 1.54) is 11.9 Å². The molecule has 4 heteroatoms. The molecular formula is C11H16N4. The SMILES string of the molecule is CCC(C)(C)c1c[nH]c2ncnc(N)c12. The average Bonchev–Trinajstić information content (AvgIpc) is 2.63. The molecule has 2 aromatic rings. The number of anilines is 1. The third-order valence-corrected chi connectivity index (χ3v) is 3.11. The first kappa shape index (κ1) is 9.96. The minimum Gasteiger partial charge on any atom is -0.383 e. The van der Waals surface area contributed by atoms with Crippen LogP contribution in [0.25, 0.3) is 11.0 Å². The lowest BCUT2D eigenvalue weighted by atomic mass is 9.82. The van der Waals surface area contributed by atoms with Gasteiger partial charge >= 0.3 is 0 Å². The number of hydrogen-bond acceptors (Lipinski definition) is 3. The zero-order chi connectivity index (χ0) is 11.1. The second-order valence-electron chi connectivity index (χ2n) is 4.42. The molecule has 0 aromatic carbocycles. The molecule has 15 heavy (non-hydrogen) atoms. The number of rotatable bonds is 2. The molecule has 4 nitrogen and oxygen atoms in total. The predicted molar refractivity (Wildman–Crippen MR) is 61.6 cm³/mol. The molecule has 3 N–H and O–H groups in total. The van der Waals surface area contributed by atoms with Crippen molar-refractivity contribution in [3.05, 3.63) is 18.1 Å². The highest BCUT2D eigenvalue weighted by molar-refractivity contribution is 5.90. The summed E-state index contributed by atoms with van der Waals surface area (Å²) in [5.74, 6) is 0.553. The van der Waals surface area contributed by atoms with E-state index in [2.05, 4.69) is 35.7 Å². The zero-order valence-electron chi connectivity index (χ0n) is 9.33. The molecule has 0 aliphatic rings. The molecule has 0 aliphatic heterocycles. The van der Waals surface area contributed by atoms with E-state index in [1.807, 2.05) is 6.20 Å². The van der Waals surface area contributed by atoms with E-state index in [0.29, 0.717) is 5.82 Å². The summed E-state index contributed by atoms with van der Waals surface area (Å²) in [5, 5.41) is 0.962. The zero-order valence-corrected chi connectivity index (χ0v) is 9.33. The quantitative estimate of drug-likeness (QED) is 0.788. The van der Waals surface area contributed by atoms with Crippen LogP contribution in [0, 0.1) is 0 Å². The average molecular weight is 204 g/mol. The van der Waals surface area contributed by atoms with Crippen molar-refractivity contribution in [1.29, 1.82) is 0 Å². The second-order valence-corrected chi connectivity index (χ2v) is 4.42. The lowest BCUT2D eigenvalue weighted by Crippen LogP contribution is -2.15. The number of fused-ring (bicyclic) bond motifs is 1. The summed E-state index contributed by atoms with van der Waals surface area (Å²) in [6.45, 7) is 6.56. The molecule has 0 unspecified atom stereocenters. The Morgan fingerprint density at radius 1 is 1.40 bits per heavy atom. The number of aromatic nitrogens is 3. The predicted octanol–water partition coefficient (Wildman–Crippen LogP) is 2.23. The van der Waals surface area contributed by atoms with Gasteiger partial charge in [0.1, 0.15) is 17.8 Å². The van der Waals surface area contributed by atoms with E-state index in [1.54, 1.807) is 0 Å². The first-order valence-corrected chi connectivity index (χ1v) is 5.14. The van der Waals surface area contributed by atoms with Crippen molar-refractivity contribution in [2.24, 2.45) is 0 Å². The van der Waals surface area contributed by atoms with Gasteiger partial charge in [-0.05, 0) is 17.4 Å². The number of H-pyrrole nitrogens is 1. The molecule has 0 fully saturated rings. The third-order valence-electron chi connectivity index (χ3n) is 3.11. The maximum Gasteiger partial charge on any atom is 0.143 e. The van der Waals surface area contributed by atoms with Gasteiger partial charge < -0.3 is 10.7 Å². The smallest absolute Gasteiger partial charge is 0.143 e. The monoisotopic (exact) mass is 204 g/mol. The Balaban J connectivity index is 2.73. The van der Waals surface area contributed by atoms with E-state index in [-0.39, 0.29) is 5.41 Å². The number of hydrogen-bond donors (Lipinski definition) is 2. The summed E-state index contributed by atoms with van der Waals surface area (Å²) in [6.07, 6.45) is 4.52. The largest absolute Gasteiger partial charge is 0.383 e. The van der Waals surface area contributed by atoms with Crippen LogP contribution in [-0.4, -0.2) is 15.0 Å². The van der Waals surface area contributed by atoms with E-state index in [4.69, 9.17) is 5.73 Å². The number of nitrogens with zero attached hydrogens (tertiary/aromatic N) is 2. The maximum absolute atomic E-state index is 5.88. The Hall–Kier alpha value is -1.58. The molecule has 2 heterocycles. The van der Waals surface area contributed by atoms with Gasteiger partial charge in [0, 0.05) is 6.20 Å². The van der Waals surface area contributed by atoms with E-state index in [0.717, 1.165) is 17.5 Å². The fourth-order valence-corrected chi connectivity index (χ4v) is 1.71. The summed E-state index contributed by atoms with van der Waals surface area (Å²) in [7, 11) is 0. The first-order chi connectivity index (χ1) is 7.06. The number of nitrogens with one attached hydrogen (secondary N) is 1. The van der Waals surface area contributed by atoms with Gasteiger partial charge in [0.15, 0.2) is 0 Å². The van der Waals surface area contributed by atoms with E-state index in [9.17, 15) is 0 Å². The highest BCUT2D eigenvalue weighted by Gasteiger charge is 2.23. The molecule has 0 amide bonds. The Kier molecular flexibility index (Phi) is 2.14. The molecule has 80 valence electrons. The Labute approximate surface area is 88.9 Å². The summed E-state index contributed by atoms with van der Waals surface area (Å²) in [5.41, 5.74) is 7.99. The van der Waals surface area contributed by atoms with Crippen LogP contribution < -0.4 is 5.73 Å². The third kappa shape index (κ3) is 1.46. The minimum absolute atomic E-state index is 0.0943. The van der Waals surface area contributed by atoms with E-state index >= 15 is 0 Å². The highest BCUT2D eigenvalue weighted by Crippen LogP contribution is 2.33. The summed E-state index contributed by atoms with van der Waals surface area (Å²) < 4.78 is 0. The van der Waals surface area contributed by atoms with Crippen LogP contribution >= 0.6 is 0 Å². The fourth-order valence-electron chi connectivity index (χ4n) is 1.71. The van der Waals surface area contributed by atoms with Gasteiger partial charge in [-0.25, -0.2) is 9.97 Å². The molecule has 0 saturated heterocycles. The van der Waals surface area contributed by atoms with Crippen molar-refractivity contribution in [3.8, 4) is 0 Å². The summed E-state index contributed by atoms with van der Waals surface area (Å²) in [4.78, 5) is 11.3. The van der Waals surface area contributed by atoms with Crippen molar-refractivity contribution in [2.45, 2.75) is 32.6 Å². The molecule has 0 bridgehead atoms. The molecule has 0 spiro atoms. The molecular weight excluding hydrogens is 188 g/mol. The molecule has 2 aromatic heterocycles. The first-order valence-electron chi connectivity index (χ1n) is 5.14. The Morgan fingerprint density at radius 2 is 2.13 bits per heavy atom. The minimum atomic E-state index is 0.0943. The summed E-state index contributed by atoms with van der Waals surface area (Å²) >= 11 is 0. The second kappa shape index (κ2) is 3.22. The fraction of sp³-hybridized carbons (Fsp3) is 0.455. The van der Waals surface area contributed by atoms with Gasteiger partial charge in [-0.2, -0.15) is 0 Å². The van der Waals surface area contributed by atoms with Gasteiger partial charge in [0.2, 0.25) is 0 Å². The van der Waals surface area contributed by atoms with Gasteiger partial charge in [-0.3, -0.25) is 0 Å². The van der Waals surface area contributed by atoms with Crippen molar-refractivity contribution in [1.82, 2.24) is 15.0 Å². The Bertz CT molecular complexity index is 484. The van der Waals surface area contributed by atoms with Crippen molar-refractivity contribution in [3.63, 3.8) is 0 Å². The topological polar surface area (TPSA) is 67.6 Å². The number of nitrogen functional groups attached to an aromatic ring is 1. The standard InChI is InChI=1S/C11H16N4/c1-4-11(2,3)7-5-13-10-8(7)9(12)14-6-15-10/h5-6H,4H2,1-3H3,(H3,12,13,14,15). The van der Waals surface area contributed by atoms with Crippen molar-refractivity contribution >= 4 is 16.9 Å². The summed E-state index contributed by atoms with van der Waals surface area (Å²) in [6, 6.07) is 0. The molecule has 0 aliphatic carbocycles. The van der Waals surface area contributed by atoms with Crippen LogP contribution in [0.2, 0.25) is 0 Å². The van der Waals surface area contributed by atoms with E-state index < -0.39 is 0 Å². The molecule has 0 atom stereocenters. The van der Waals surface area contributed by atoms with Gasteiger partial charge in [0.25, 0.3) is 0 Å². The van der Waals surface area contributed by atoms with Crippen LogP contribution in [0.3, 0.4) is 0 Å². The lowest BCUT2D eigenvalue weighted by molar-refractivity contribution is 0.510. The molecule has 0 saturated carbocycles. The maximum atomic E-state index is 5.88. The highest BCUT2D eigenvalue weighted by atomic mass is 15.0. The number of aromatic amines is 1. The Morgan fingerprint density at radius 3 is 2.80 bits per heavy atom. The van der Waals surface area contributed by atoms with Crippen LogP contribution in [0.4, 0.5) is 5.82 Å². The van der Waals surface area contributed by atoms with Gasteiger partial charge in [0.05, 0.1) is 5.39 Å². The lowest BCUT2D eigenvalue weighted by Gasteiger charge is -2.22. The van der Waals surface area contributed by atoms with Crippen LogP contribution in [0.1, 0.15) is 32.8 Å². The molecule has 0 radical (unpaired) electrons. The normalized spacial score (nSPS) is 12.2.